The average molecular weight is 446 g/mol. The lowest BCUT2D eigenvalue weighted by Gasteiger charge is -2.32. The Hall–Kier alpha value is -2.91. The van der Waals surface area contributed by atoms with Gasteiger partial charge in [-0.05, 0) is 62.5 Å². The van der Waals surface area contributed by atoms with E-state index < -0.39 is 15.7 Å². The topological polar surface area (TPSA) is 75.9 Å². The van der Waals surface area contributed by atoms with E-state index in [2.05, 4.69) is 9.88 Å². The molecule has 0 saturated carbocycles. The summed E-state index contributed by atoms with van der Waals surface area (Å²) >= 11 is 0. The number of nitrogens with zero attached hydrogens (tertiary/aromatic N) is 3. The van der Waals surface area contributed by atoms with Gasteiger partial charge in [-0.3, -0.25) is 0 Å². The van der Waals surface area contributed by atoms with Crippen LogP contribution in [0, 0.1) is 5.82 Å². The van der Waals surface area contributed by atoms with E-state index in [1.807, 2.05) is 18.9 Å². The molecule has 2 aromatic carbocycles. The second kappa shape index (κ2) is 8.68. The van der Waals surface area contributed by atoms with Gasteiger partial charge < -0.3 is 19.0 Å². The highest BCUT2D eigenvalue weighted by atomic mass is 32.2. The van der Waals surface area contributed by atoms with Gasteiger partial charge in [0.1, 0.15) is 11.6 Å². The molecule has 0 spiro atoms. The van der Waals surface area contributed by atoms with Crippen LogP contribution in [0.4, 0.5) is 10.3 Å². The molecule has 4 rings (SSSR count). The Labute approximate surface area is 181 Å². The summed E-state index contributed by atoms with van der Waals surface area (Å²) in [6.45, 7) is 5.22. The fourth-order valence-corrected chi connectivity index (χ4v) is 4.71. The minimum atomic E-state index is -4.00. The lowest BCUT2D eigenvalue weighted by molar-refractivity contribution is 0.305. The number of ether oxygens (including phenoxy) is 1. The zero-order valence-electron chi connectivity index (χ0n) is 17.4. The predicted molar refractivity (Wildman–Crippen MR) is 115 cm³/mol. The molecule has 1 aliphatic rings. The van der Waals surface area contributed by atoms with Gasteiger partial charge in [-0.2, -0.15) is 4.98 Å². The van der Waals surface area contributed by atoms with Gasteiger partial charge in [0.2, 0.25) is 26.6 Å². The third-order valence-corrected chi connectivity index (χ3v) is 6.83. The van der Waals surface area contributed by atoms with E-state index in [1.165, 1.54) is 12.1 Å². The summed E-state index contributed by atoms with van der Waals surface area (Å²) in [7, 11) is -1.99. The van der Waals surface area contributed by atoms with Crippen LogP contribution in [0.25, 0.3) is 11.5 Å². The van der Waals surface area contributed by atoms with Crippen molar-refractivity contribution in [3.8, 4) is 17.2 Å². The minimum absolute atomic E-state index is 0.0316. The molecule has 1 fully saturated rings. The molecule has 7 nitrogen and oxygen atoms in total. The fourth-order valence-electron chi connectivity index (χ4n) is 3.39. The highest BCUT2D eigenvalue weighted by Gasteiger charge is 2.32. The van der Waals surface area contributed by atoms with Gasteiger partial charge in [-0.15, -0.1) is 0 Å². The van der Waals surface area contributed by atoms with Crippen LogP contribution in [0.15, 0.2) is 62.9 Å². The van der Waals surface area contributed by atoms with Crippen molar-refractivity contribution in [1.82, 2.24) is 9.88 Å². The summed E-state index contributed by atoms with van der Waals surface area (Å²) in [4.78, 5) is 8.40. The minimum Gasteiger partial charge on any atom is -0.494 e. The Morgan fingerprint density at radius 2 is 1.68 bits per heavy atom. The molecule has 164 valence electrons. The van der Waals surface area contributed by atoms with Crippen LogP contribution in [0.3, 0.4) is 0 Å². The summed E-state index contributed by atoms with van der Waals surface area (Å²) in [6.07, 6.45) is 0. The van der Waals surface area contributed by atoms with Crippen LogP contribution in [0.2, 0.25) is 0 Å². The van der Waals surface area contributed by atoms with Crippen molar-refractivity contribution >= 4 is 15.7 Å². The van der Waals surface area contributed by atoms with Crippen molar-refractivity contribution in [2.24, 2.45) is 0 Å². The average Bonchev–Trinajstić information content (AvgIpc) is 3.22. The smallest absolute Gasteiger partial charge is 0.236 e. The van der Waals surface area contributed by atoms with Crippen LogP contribution >= 0.6 is 0 Å². The van der Waals surface area contributed by atoms with E-state index in [9.17, 15) is 12.8 Å². The molecule has 0 unspecified atom stereocenters. The zero-order valence-corrected chi connectivity index (χ0v) is 18.2. The SMILES string of the molecule is CCOc1ccc(-c2nc(S(=O)(=O)c3ccc(F)cc3)c(N3CCN(C)CC3)o2)cc1. The van der Waals surface area contributed by atoms with E-state index in [1.54, 1.807) is 24.3 Å². The molecule has 0 amide bonds. The van der Waals surface area contributed by atoms with Crippen LogP contribution in [0.5, 0.6) is 5.75 Å². The van der Waals surface area contributed by atoms with E-state index in [0.29, 0.717) is 31.0 Å². The summed E-state index contributed by atoms with van der Waals surface area (Å²) in [5, 5.41) is -0.160. The summed E-state index contributed by atoms with van der Waals surface area (Å²) in [5.74, 6) is 0.615. The monoisotopic (exact) mass is 445 g/mol. The van der Waals surface area contributed by atoms with Crippen molar-refractivity contribution in [2.45, 2.75) is 16.8 Å². The third-order valence-electron chi connectivity index (χ3n) is 5.16. The van der Waals surface area contributed by atoms with E-state index >= 15 is 0 Å². The number of anilines is 1. The molecule has 0 aliphatic carbocycles. The van der Waals surface area contributed by atoms with Crippen LogP contribution < -0.4 is 9.64 Å². The lowest BCUT2D eigenvalue weighted by Crippen LogP contribution is -2.44. The first-order valence-corrected chi connectivity index (χ1v) is 11.5. The first-order chi connectivity index (χ1) is 14.9. The Morgan fingerprint density at radius 1 is 1.03 bits per heavy atom. The standard InChI is InChI=1S/C22H24FN3O4S/c1-3-29-18-8-4-16(5-9-18)20-24-21(22(30-20)26-14-12-25(2)13-15-26)31(27,28)19-10-6-17(23)7-11-19/h4-11H,3,12-15H2,1-2H3. The van der Waals surface area contributed by atoms with E-state index in [0.717, 1.165) is 25.2 Å². The Bertz CT molecular complexity index is 1140. The first-order valence-electron chi connectivity index (χ1n) is 10.1. The zero-order chi connectivity index (χ0) is 22.0. The maximum absolute atomic E-state index is 13.4. The Morgan fingerprint density at radius 3 is 2.29 bits per heavy atom. The molecule has 0 atom stereocenters. The number of hydrogen-bond acceptors (Lipinski definition) is 7. The number of hydrogen-bond donors (Lipinski definition) is 0. The number of aromatic nitrogens is 1. The summed E-state index contributed by atoms with van der Waals surface area (Å²) < 4.78 is 51.5. The molecule has 2 heterocycles. The first kappa shape index (κ1) is 21.3. The molecular weight excluding hydrogens is 421 g/mol. The number of halogens is 1. The molecule has 0 radical (unpaired) electrons. The molecule has 3 aromatic rings. The second-order valence-electron chi connectivity index (χ2n) is 7.33. The molecule has 0 N–H and O–H groups in total. The van der Waals surface area contributed by atoms with E-state index in [-0.39, 0.29) is 21.7 Å². The number of oxazole rings is 1. The van der Waals surface area contributed by atoms with Crippen molar-refractivity contribution < 1.29 is 22.0 Å². The van der Waals surface area contributed by atoms with Gasteiger partial charge in [-0.1, -0.05) is 0 Å². The van der Waals surface area contributed by atoms with E-state index in [4.69, 9.17) is 9.15 Å². The lowest BCUT2D eigenvalue weighted by atomic mass is 10.2. The number of rotatable bonds is 6. The normalized spacial score (nSPS) is 15.3. The summed E-state index contributed by atoms with van der Waals surface area (Å²) in [5.41, 5.74) is 0.638. The third kappa shape index (κ3) is 4.42. The predicted octanol–water partition coefficient (Wildman–Crippen LogP) is 3.46. The molecule has 31 heavy (non-hydrogen) atoms. The highest BCUT2D eigenvalue weighted by Crippen LogP contribution is 2.35. The molecule has 1 aromatic heterocycles. The maximum atomic E-state index is 13.4. The molecular formula is C22H24FN3O4S. The van der Waals surface area contributed by atoms with Gasteiger partial charge in [0, 0.05) is 31.7 Å². The quantitative estimate of drug-likeness (QED) is 0.538. The van der Waals surface area contributed by atoms with Gasteiger partial charge in [-0.25, -0.2) is 12.8 Å². The van der Waals surface area contributed by atoms with Crippen molar-refractivity contribution in [2.75, 3.05) is 44.7 Å². The largest absolute Gasteiger partial charge is 0.494 e. The highest BCUT2D eigenvalue weighted by molar-refractivity contribution is 7.91. The van der Waals surface area contributed by atoms with Crippen LogP contribution in [-0.2, 0) is 9.84 Å². The van der Waals surface area contributed by atoms with Gasteiger partial charge in [0.15, 0.2) is 0 Å². The van der Waals surface area contributed by atoms with Crippen molar-refractivity contribution in [3.63, 3.8) is 0 Å². The molecule has 9 heteroatoms. The fraction of sp³-hybridized carbons (Fsp3) is 0.318. The molecule has 0 bridgehead atoms. The van der Waals surface area contributed by atoms with Crippen LogP contribution in [-0.4, -0.2) is 58.1 Å². The van der Waals surface area contributed by atoms with Crippen LogP contribution in [0.1, 0.15) is 6.92 Å². The van der Waals surface area contributed by atoms with Gasteiger partial charge >= 0.3 is 0 Å². The number of benzene rings is 2. The summed E-state index contributed by atoms with van der Waals surface area (Å²) in [6, 6.07) is 11.8. The van der Waals surface area contributed by atoms with Gasteiger partial charge in [0.05, 0.1) is 11.5 Å². The van der Waals surface area contributed by atoms with Gasteiger partial charge in [0.25, 0.3) is 0 Å². The Kier molecular flexibility index (Phi) is 5.97. The van der Waals surface area contributed by atoms with Crippen molar-refractivity contribution in [1.29, 1.82) is 0 Å². The number of likely N-dealkylation sites (N-methyl/N-ethyl adjacent to an activating group) is 1. The molecule has 1 aliphatic heterocycles. The maximum Gasteiger partial charge on any atom is 0.236 e. The Balaban J connectivity index is 1.77. The number of sulfone groups is 1. The van der Waals surface area contributed by atoms with Crippen molar-refractivity contribution in [3.05, 3.63) is 54.3 Å². The second-order valence-corrected chi connectivity index (χ2v) is 9.20. The number of piperazine rings is 1. The molecule has 1 saturated heterocycles.